The summed E-state index contributed by atoms with van der Waals surface area (Å²) in [5.41, 5.74) is -1.10. The monoisotopic (exact) mass is 271 g/mol. The normalized spacial score (nSPS) is 21.2. The van der Waals surface area contributed by atoms with Gasteiger partial charge in [0.15, 0.2) is 5.78 Å². The van der Waals surface area contributed by atoms with Gasteiger partial charge in [0.25, 0.3) is 0 Å². The fraction of sp³-hybridized carbons (Fsp3) is 0.857. The second kappa shape index (κ2) is 7.01. The van der Waals surface area contributed by atoms with Crippen molar-refractivity contribution in [3.05, 3.63) is 0 Å². The summed E-state index contributed by atoms with van der Waals surface area (Å²) >= 11 is 0. The number of nitrogens with zero attached hydrogens (tertiary/aromatic N) is 1. The first kappa shape index (κ1) is 16.1. The highest BCUT2D eigenvalue weighted by Gasteiger charge is 2.38. The summed E-state index contributed by atoms with van der Waals surface area (Å²) < 4.78 is 4.94. The maximum absolute atomic E-state index is 12.2. The minimum absolute atomic E-state index is 0.121. The number of ketones is 1. The van der Waals surface area contributed by atoms with Gasteiger partial charge in [0.2, 0.25) is 0 Å². The van der Waals surface area contributed by atoms with Crippen LogP contribution in [0, 0.1) is 11.3 Å². The molecule has 1 saturated heterocycles. The van der Waals surface area contributed by atoms with Gasteiger partial charge >= 0.3 is 5.97 Å². The van der Waals surface area contributed by atoms with Gasteiger partial charge in [-0.1, -0.05) is 0 Å². The molecular formula is C14H25NO4. The molecule has 1 unspecified atom stereocenters. The number of piperidine rings is 1. The van der Waals surface area contributed by atoms with Crippen LogP contribution in [0.5, 0.6) is 0 Å². The van der Waals surface area contributed by atoms with Gasteiger partial charge in [-0.25, -0.2) is 0 Å². The van der Waals surface area contributed by atoms with Crippen molar-refractivity contribution in [3.63, 3.8) is 0 Å². The average molecular weight is 271 g/mol. The summed E-state index contributed by atoms with van der Waals surface area (Å²) in [5.74, 6) is -0.340. The lowest BCUT2D eigenvalue weighted by Crippen LogP contribution is -2.45. The first-order chi connectivity index (χ1) is 8.91. The molecule has 1 aliphatic rings. The van der Waals surface area contributed by atoms with E-state index >= 15 is 0 Å². The van der Waals surface area contributed by atoms with Crippen LogP contribution in [0.3, 0.4) is 0 Å². The van der Waals surface area contributed by atoms with Crippen LogP contribution in [0.4, 0.5) is 0 Å². The van der Waals surface area contributed by atoms with Crippen molar-refractivity contribution < 1.29 is 19.4 Å². The molecule has 1 fully saturated rings. The maximum atomic E-state index is 12.2. The Labute approximate surface area is 114 Å². The molecule has 0 spiro atoms. The number of esters is 1. The third-order valence-electron chi connectivity index (χ3n) is 3.71. The number of likely N-dealkylation sites (tertiary alicyclic amines) is 1. The third kappa shape index (κ3) is 4.28. The van der Waals surface area contributed by atoms with Crippen LogP contribution in [0.25, 0.3) is 0 Å². The fourth-order valence-electron chi connectivity index (χ4n) is 2.27. The Balaban J connectivity index is 2.55. The Morgan fingerprint density at radius 1 is 1.42 bits per heavy atom. The number of ether oxygens (including phenoxy) is 1. The second-order valence-electron chi connectivity index (χ2n) is 5.69. The van der Waals surface area contributed by atoms with E-state index in [-0.39, 0.29) is 31.5 Å². The van der Waals surface area contributed by atoms with Crippen LogP contribution in [0.1, 0.15) is 33.6 Å². The quantitative estimate of drug-likeness (QED) is 0.573. The Morgan fingerprint density at radius 3 is 2.68 bits per heavy atom. The molecule has 0 amide bonds. The minimum Gasteiger partial charge on any atom is -0.465 e. The molecule has 5 heteroatoms. The topological polar surface area (TPSA) is 66.8 Å². The van der Waals surface area contributed by atoms with Crippen molar-refractivity contribution in [2.75, 3.05) is 32.8 Å². The molecule has 0 aromatic carbocycles. The van der Waals surface area contributed by atoms with Gasteiger partial charge in [0.1, 0.15) is 5.41 Å². The first-order valence-electron chi connectivity index (χ1n) is 6.95. The van der Waals surface area contributed by atoms with E-state index in [2.05, 4.69) is 0 Å². The number of carbonyl (C=O) groups excluding carboxylic acids is 2. The summed E-state index contributed by atoms with van der Waals surface area (Å²) in [6.45, 7) is 7.22. The molecule has 0 radical (unpaired) electrons. The lowest BCUT2D eigenvalue weighted by Gasteiger charge is -2.33. The standard InChI is InChI=1S/C14H25NO4/c1-4-19-13(18)14(2,3)12(17)9-15-7-5-6-11(8-15)10-16/h11,16H,4-10H2,1-3H3. The largest absolute Gasteiger partial charge is 0.465 e. The van der Waals surface area contributed by atoms with E-state index in [1.165, 1.54) is 0 Å². The van der Waals surface area contributed by atoms with Crippen LogP contribution >= 0.6 is 0 Å². The Bertz CT molecular complexity index is 327. The molecule has 0 aromatic heterocycles. The number of hydrogen-bond donors (Lipinski definition) is 1. The summed E-state index contributed by atoms with van der Waals surface area (Å²) in [6, 6.07) is 0. The van der Waals surface area contributed by atoms with Crippen LogP contribution in [-0.4, -0.2) is 54.6 Å². The van der Waals surface area contributed by atoms with Gasteiger partial charge in [-0.3, -0.25) is 14.5 Å². The summed E-state index contributed by atoms with van der Waals surface area (Å²) in [5, 5.41) is 9.18. The molecule has 19 heavy (non-hydrogen) atoms. The predicted octanol–water partition coefficient (Wildman–Crippen LogP) is 0.849. The molecule has 1 N–H and O–H groups in total. The third-order valence-corrected chi connectivity index (χ3v) is 3.71. The van der Waals surface area contributed by atoms with Gasteiger partial charge in [0.05, 0.1) is 13.2 Å². The molecule has 0 saturated carbocycles. The molecule has 5 nitrogen and oxygen atoms in total. The van der Waals surface area contributed by atoms with E-state index < -0.39 is 11.4 Å². The molecule has 110 valence electrons. The summed E-state index contributed by atoms with van der Waals surface area (Å²) in [4.78, 5) is 26.0. The molecule has 0 aliphatic carbocycles. The van der Waals surface area contributed by atoms with Crippen LogP contribution in [0.2, 0.25) is 0 Å². The van der Waals surface area contributed by atoms with E-state index in [0.717, 1.165) is 25.9 Å². The van der Waals surface area contributed by atoms with Gasteiger partial charge in [-0.2, -0.15) is 0 Å². The maximum Gasteiger partial charge on any atom is 0.319 e. The van der Waals surface area contributed by atoms with E-state index in [1.54, 1.807) is 20.8 Å². The van der Waals surface area contributed by atoms with Crippen molar-refractivity contribution in [3.8, 4) is 0 Å². The molecule has 0 bridgehead atoms. The number of hydrogen-bond acceptors (Lipinski definition) is 5. The highest BCUT2D eigenvalue weighted by atomic mass is 16.5. The average Bonchev–Trinajstić information content (AvgIpc) is 2.39. The van der Waals surface area contributed by atoms with Crippen molar-refractivity contribution in [1.29, 1.82) is 0 Å². The summed E-state index contributed by atoms with van der Waals surface area (Å²) in [7, 11) is 0. The molecule has 1 aliphatic heterocycles. The minimum atomic E-state index is -1.10. The first-order valence-corrected chi connectivity index (χ1v) is 6.95. The highest BCUT2D eigenvalue weighted by molar-refractivity contribution is 6.03. The smallest absolute Gasteiger partial charge is 0.319 e. The van der Waals surface area contributed by atoms with Gasteiger partial charge in [-0.15, -0.1) is 0 Å². The van der Waals surface area contributed by atoms with Gasteiger partial charge in [-0.05, 0) is 46.1 Å². The van der Waals surface area contributed by atoms with Crippen molar-refractivity contribution >= 4 is 11.8 Å². The van der Waals surface area contributed by atoms with Gasteiger partial charge in [0, 0.05) is 13.2 Å². The number of aliphatic hydroxyl groups excluding tert-OH is 1. The summed E-state index contributed by atoms with van der Waals surface area (Å²) in [6.07, 6.45) is 1.99. The predicted molar refractivity (Wildman–Crippen MR) is 71.7 cm³/mol. The highest BCUT2D eigenvalue weighted by Crippen LogP contribution is 2.22. The molecule has 1 atom stereocenters. The number of carbonyl (C=O) groups is 2. The Morgan fingerprint density at radius 2 is 2.11 bits per heavy atom. The number of aliphatic hydroxyl groups is 1. The zero-order chi connectivity index (χ0) is 14.5. The van der Waals surface area contributed by atoms with Gasteiger partial charge < -0.3 is 9.84 Å². The zero-order valence-corrected chi connectivity index (χ0v) is 12.1. The lowest BCUT2D eigenvalue weighted by molar-refractivity contribution is -0.158. The molecule has 0 aromatic rings. The van der Waals surface area contributed by atoms with Crippen LogP contribution in [0.15, 0.2) is 0 Å². The van der Waals surface area contributed by atoms with E-state index in [4.69, 9.17) is 4.74 Å². The van der Waals surface area contributed by atoms with Crippen molar-refractivity contribution in [2.24, 2.45) is 11.3 Å². The van der Waals surface area contributed by atoms with E-state index in [0.29, 0.717) is 0 Å². The Kier molecular flexibility index (Phi) is 5.94. The second-order valence-corrected chi connectivity index (χ2v) is 5.69. The molecular weight excluding hydrogens is 246 g/mol. The number of Topliss-reactive ketones (excluding diaryl/α,β-unsaturated/α-hetero) is 1. The van der Waals surface area contributed by atoms with E-state index in [1.807, 2.05) is 4.90 Å². The van der Waals surface area contributed by atoms with Crippen LogP contribution < -0.4 is 0 Å². The van der Waals surface area contributed by atoms with Crippen molar-refractivity contribution in [1.82, 2.24) is 4.90 Å². The Hall–Kier alpha value is -0.940. The van der Waals surface area contributed by atoms with E-state index in [9.17, 15) is 14.7 Å². The van der Waals surface area contributed by atoms with Crippen LogP contribution in [-0.2, 0) is 14.3 Å². The molecule has 1 rings (SSSR count). The number of rotatable bonds is 6. The zero-order valence-electron chi connectivity index (χ0n) is 12.1. The SMILES string of the molecule is CCOC(=O)C(C)(C)C(=O)CN1CCCC(CO)C1. The fourth-order valence-corrected chi connectivity index (χ4v) is 2.27. The van der Waals surface area contributed by atoms with Crippen molar-refractivity contribution in [2.45, 2.75) is 33.6 Å². The molecule has 1 heterocycles. The lowest BCUT2D eigenvalue weighted by atomic mass is 9.87.